The van der Waals surface area contributed by atoms with E-state index in [1.807, 2.05) is 6.07 Å². The molecule has 1 aromatic carbocycles. The van der Waals surface area contributed by atoms with Crippen molar-refractivity contribution in [2.24, 2.45) is 11.7 Å². The monoisotopic (exact) mass is 269 g/mol. The maximum Gasteiger partial charge on any atom is 0.129 e. The number of pyridine rings is 1. The second-order valence-corrected chi connectivity index (χ2v) is 5.72. The molecule has 2 N–H and O–H groups in total. The smallest absolute Gasteiger partial charge is 0.129 e. The van der Waals surface area contributed by atoms with Crippen LogP contribution in [0.3, 0.4) is 0 Å². The summed E-state index contributed by atoms with van der Waals surface area (Å²) in [4.78, 5) is 7.28. The zero-order valence-corrected chi connectivity index (χ0v) is 12.2. The van der Waals surface area contributed by atoms with E-state index < -0.39 is 0 Å². The molecule has 0 bridgehead atoms. The third kappa shape index (κ3) is 2.50. The maximum absolute atomic E-state index is 5.92. The Hall–Kier alpha value is -1.61. The maximum atomic E-state index is 5.92. The number of nitrogens with zero attached hydrogens (tertiary/aromatic N) is 2. The second-order valence-electron chi connectivity index (χ2n) is 5.72. The van der Waals surface area contributed by atoms with Crippen LogP contribution in [0.4, 0.5) is 5.82 Å². The third-order valence-electron chi connectivity index (χ3n) is 4.43. The minimum atomic E-state index is 0.571. The van der Waals surface area contributed by atoms with Crippen molar-refractivity contribution >= 4 is 16.7 Å². The molecule has 2 heterocycles. The molecule has 1 atom stereocenters. The number of hydrogen-bond donors (Lipinski definition) is 1. The molecule has 106 valence electrons. The second kappa shape index (κ2) is 5.80. The highest BCUT2D eigenvalue weighted by atomic mass is 15.2. The van der Waals surface area contributed by atoms with Gasteiger partial charge in [-0.2, -0.15) is 0 Å². The predicted molar refractivity (Wildman–Crippen MR) is 84.9 cm³/mol. The van der Waals surface area contributed by atoms with E-state index in [0.717, 1.165) is 30.3 Å². The first-order valence-electron chi connectivity index (χ1n) is 7.65. The van der Waals surface area contributed by atoms with Crippen molar-refractivity contribution in [1.29, 1.82) is 0 Å². The van der Waals surface area contributed by atoms with Gasteiger partial charge in [0, 0.05) is 25.0 Å². The van der Waals surface area contributed by atoms with Gasteiger partial charge in [0.2, 0.25) is 0 Å². The Labute approximate surface area is 120 Å². The summed E-state index contributed by atoms with van der Waals surface area (Å²) in [5, 5.41) is 1.18. The number of piperidine rings is 1. The molecular weight excluding hydrogens is 246 g/mol. The summed E-state index contributed by atoms with van der Waals surface area (Å²) in [6.07, 6.45) is 3.88. The van der Waals surface area contributed by atoms with Crippen molar-refractivity contribution in [3.8, 4) is 0 Å². The van der Waals surface area contributed by atoms with Crippen molar-refractivity contribution in [3.05, 3.63) is 35.9 Å². The Morgan fingerprint density at radius 1 is 1.35 bits per heavy atom. The van der Waals surface area contributed by atoms with Crippen molar-refractivity contribution in [3.63, 3.8) is 0 Å². The molecule has 3 heteroatoms. The molecule has 20 heavy (non-hydrogen) atoms. The van der Waals surface area contributed by atoms with Gasteiger partial charge >= 0.3 is 0 Å². The van der Waals surface area contributed by atoms with Crippen LogP contribution in [0, 0.1) is 5.92 Å². The SMILES string of the molecule is CCC1CCCN(c2cc(CN)c3ccccc3n2)C1. The van der Waals surface area contributed by atoms with E-state index in [1.165, 1.54) is 30.2 Å². The van der Waals surface area contributed by atoms with Gasteiger partial charge in [-0.25, -0.2) is 4.98 Å². The summed E-state index contributed by atoms with van der Waals surface area (Å²) < 4.78 is 0. The van der Waals surface area contributed by atoms with Crippen molar-refractivity contribution in [2.75, 3.05) is 18.0 Å². The summed E-state index contributed by atoms with van der Waals surface area (Å²) in [7, 11) is 0. The van der Waals surface area contributed by atoms with Gasteiger partial charge < -0.3 is 10.6 Å². The average Bonchev–Trinajstić information content (AvgIpc) is 2.53. The Morgan fingerprint density at radius 2 is 2.20 bits per heavy atom. The fourth-order valence-corrected chi connectivity index (χ4v) is 3.17. The van der Waals surface area contributed by atoms with Crippen LogP contribution in [-0.2, 0) is 6.54 Å². The lowest BCUT2D eigenvalue weighted by Crippen LogP contribution is -2.35. The van der Waals surface area contributed by atoms with Gasteiger partial charge in [-0.1, -0.05) is 31.5 Å². The quantitative estimate of drug-likeness (QED) is 0.929. The fraction of sp³-hybridized carbons (Fsp3) is 0.471. The molecule has 0 amide bonds. The van der Waals surface area contributed by atoms with E-state index in [-0.39, 0.29) is 0 Å². The van der Waals surface area contributed by atoms with E-state index in [0.29, 0.717) is 6.54 Å². The molecular formula is C17H23N3. The Balaban J connectivity index is 1.99. The number of fused-ring (bicyclic) bond motifs is 1. The molecule has 1 aromatic heterocycles. The van der Waals surface area contributed by atoms with Gasteiger partial charge in [-0.05, 0) is 36.5 Å². The van der Waals surface area contributed by atoms with E-state index in [2.05, 4.69) is 36.1 Å². The van der Waals surface area contributed by atoms with Crippen molar-refractivity contribution in [1.82, 2.24) is 4.98 Å². The summed E-state index contributed by atoms with van der Waals surface area (Å²) in [5.74, 6) is 1.90. The minimum absolute atomic E-state index is 0.571. The number of hydrogen-bond acceptors (Lipinski definition) is 3. The van der Waals surface area contributed by atoms with Gasteiger partial charge in [0.25, 0.3) is 0 Å². The first-order chi connectivity index (χ1) is 9.81. The van der Waals surface area contributed by atoms with Crippen LogP contribution in [0.15, 0.2) is 30.3 Å². The number of nitrogens with two attached hydrogens (primary N) is 1. The minimum Gasteiger partial charge on any atom is -0.356 e. The van der Waals surface area contributed by atoms with Crippen molar-refractivity contribution < 1.29 is 0 Å². The Morgan fingerprint density at radius 3 is 3.00 bits per heavy atom. The largest absolute Gasteiger partial charge is 0.356 e. The van der Waals surface area contributed by atoms with Crippen LogP contribution >= 0.6 is 0 Å². The van der Waals surface area contributed by atoms with E-state index in [1.54, 1.807) is 0 Å². The lowest BCUT2D eigenvalue weighted by molar-refractivity contribution is 0.403. The van der Waals surface area contributed by atoms with Crippen LogP contribution in [-0.4, -0.2) is 18.1 Å². The van der Waals surface area contributed by atoms with Gasteiger partial charge in [-0.3, -0.25) is 0 Å². The molecule has 1 fully saturated rings. The highest BCUT2D eigenvalue weighted by molar-refractivity contribution is 5.84. The molecule has 2 aromatic rings. The average molecular weight is 269 g/mol. The summed E-state index contributed by atoms with van der Waals surface area (Å²) in [6, 6.07) is 10.5. The molecule has 0 radical (unpaired) electrons. The molecule has 1 aliphatic heterocycles. The number of aromatic nitrogens is 1. The first-order valence-corrected chi connectivity index (χ1v) is 7.65. The number of para-hydroxylation sites is 1. The number of rotatable bonds is 3. The van der Waals surface area contributed by atoms with Crippen LogP contribution < -0.4 is 10.6 Å². The van der Waals surface area contributed by atoms with E-state index in [9.17, 15) is 0 Å². The standard InChI is InChI=1S/C17H23N3/c1-2-13-6-5-9-20(12-13)17-10-14(11-18)15-7-3-4-8-16(15)19-17/h3-4,7-8,10,13H,2,5-6,9,11-12,18H2,1H3. The first kappa shape index (κ1) is 13.4. The zero-order chi connectivity index (χ0) is 13.9. The van der Waals surface area contributed by atoms with E-state index in [4.69, 9.17) is 10.7 Å². The lowest BCUT2D eigenvalue weighted by Gasteiger charge is -2.33. The van der Waals surface area contributed by atoms with Gasteiger partial charge in [0.15, 0.2) is 0 Å². The summed E-state index contributed by atoms with van der Waals surface area (Å²) in [6.45, 7) is 5.10. The number of benzene rings is 1. The number of anilines is 1. The van der Waals surface area contributed by atoms with Crippen LogP contribution in [0.2, 0.25) is 0 Å². The lowest BCUT2D eigenvalue weighted by atomic mass is 9.95. The molecule has 3 rings (SSSR count). The van der Waals surface area contributed by atoms with Crippen LogP contribution in [0.25, 0.3) is 10.9 Å². The molecule has 1 saturated heterocycles. The fourth-order valence-electron chi connectivity index (χ4n) is 3.17. The zero-order valence-electron chi connectivity index (χ0n) is 12.2. The predicted octanol–water partition coefficient (Wildman–Crippen LogP) is 3.32. The summed E-state index contributed by atoms with van der Waals surface area (Å²) >= 11 is 0. The molecule has 1 aliphatic rings. The highest BCUT2D eigenvalue weighted by Crippen LogP contribution is 2.27. The Bertz CT molecular complexity index is 594. The normalized spacial score (nSPS) is 19.5. The Kier molecular flexibility index (Phi) is 3.88. The highest BCUT2D eigenvalue weighted by Gasteiger charge is 2.20. The summed E-state index contributed by atoms with van der Waals surface area (Å²) in [5.41, 5.74) is 8.18. The van der Waals surface area contributed by atoms with Crippen LogP contribution in [0.5, 0.6) is 0 Å². The molecule has 3 nitrogen and oxygen atoms in total. The third-order valence-corrected chi connectivity index (χ3v) is 4.43. The topological polar surface area (TPSA) is 42.1 Å². The van der Waals surface area contributed by atoms with Crippen molar-refractivity contribution in [2.45, 2.75) is 32.7 Å². The molecule has 0 spiro atoms. The van der Waals surface area contributed by atoms with Gasteiger partial charge in [0.05, 0.1) is 5.52 Å². The molecule has 1 unspecified atom stereocenters. The van der Waals surface area contributed by atoms with Crippen LogP contribution in [0.1, 0.15) is 31.7 Å². The van der Waals surface area contributed by atoms with Gasteiger partial charge in [0.1, 0.15) is 5.82 Å². The van der Waals surface area contributed by atoms with E-state index >= 15 is 0 Å². The van der Waals surface area contributed by atoms with Gasteiger partial charge in [-0.15, -0.1) is 0 Å². The molecule has 0 aliphatic carbocycles. The molecule has 0 saturated carbocycles.